The molecule has 1 rings (SSSR count). The summed E-state index contributed by atoms with van der Waals surface area (Å²) in [6.45, 7) is 11.4. The molecule has 1 heterocycles. The number of rotatable bonds is 10. The zero-order chi connectivity index (χ0) is 18.7. The largest absolute Gasteiger partial charge is 0.465 e. The molecule has 0 saturated carbocycles. The lowest BCUT2D eigenvalue weighted by Crippen LogP contribution is -2.38. The smallest absolute Gasteiger partial charge is 0.341 e. The van der Waals surface area contributed by atoms with E-state index in [1.807, 2.05) is 6.92 Å². The van der Waals surface area contributed by atoms with Crippen molar-refractivity contribution >= 4 is 35.9 Å². The third-order valence-electron chi connectivity index (χ3n) is 3.32. The number of ether oxygens (including phenoxy) is 2. The van der Waals surface area contributed by atoms with Gasteiger partial charge in [-0.15, -0.1) is 24.0 Å². The Labute approximate surface area is 173 Å². The molecule has 0 spiro atoms. The lowest BCUT2D eigenvalue weighted by atomic mass is 10.2. The Morgan fingerprint density at radius 2 is 2.08 bits per heavy atom. The molecule has 0 fully saturated rings. The first kappa shape index (κ1) is 24.7. The van der Waals surface area contributed by atoms with Crippen LogP contribution in [0.4, 0.5) is 0 Å². The Morgan fingerprint density at radius 1 is 1.35 bits per heavy atom. The fourth-order valence-corrected chi connectivity index (χ4v) is 2.13. The highest BCUT2D eigenvalue weighted by Crippen LogP contribution is 2.16. The van der Waals surface area contributed by atoms with Crippen LogP contribution in [0, 0.1) is 12.8 Å². The molecule has 26 heavy (non-hydrogen) atoms. The van der Waals surface area contributed by atoms with Crippen LogP contribution in [0.5, 0.6) is 0 Å². The SMILES string of the molecule is CCNC(=NCc1cc(C(=O)OC)c(C)o1)NCCCOCC(C)C.I. The van der Waals surface area contributed by atoms with Gasteiger partial charge in [0.05, 0.1) is 7.11 Å². The number of carbonyl (C=O) groups excluding carboxylic acids is 1. The Bertz CT molecular complexity index is 559. The predicted molar refractivity (Wildman–Crippen MR) is 113 cm³/mol. The van der Waals surface area contributed by atoms with Crippen LogP contribution in [0.15, 0.2) is 15.5 Å². The number of carbonyl (C=O) groups is 1. The second-order valence-corrected chi connectivity index (χ2v) is 6.12. The van der Waals surface area contributed by atoms with Crippen molar-refractivity contribution < 1.29 is 18.7 Å². The summed E-state index contributed by atoms with van der Waals surface area (Å²) < 4.78 is 15.8. The van der Waals surface area contributed by atoms with Gasteiger partial charge in [-0.3, -0.25) is 0 Å². The number of hydrogen-bond acceptors (Lipinski definition) is 5. The van der Waals surface area contributed by atoms with Crippen LogP contribution >= 0.6 is 24.0 Å². The van der Waals surface area contributed by atoms with E-state index in [0.29, 0.717) is 35.5 Å². The molecule has 1 aromatic heterocycles. The molecular formula is C18H32IN3O4. The first-order valence-corrected chi connectivity index (χ1v) is 8.75. The highest BCUT2D eigenvalue weighted by Gasteiger charge is 2.15. The molecule has 0 atom stereocenters. The van der Waals surface area contributed by atoms with Crippen LogP contribution in [0.25, 0.3) is 0 Å². The third kappa shape index (κ3) is 9.42. The van der Waals surface area contributed by atoms with Crippen molar-refractivity contribution in [1.82, 2.24) is 10.6 Å². The lowest BCUT2D eigenvalue weighted by Gasteiger charge is -2.11. The van der Waals surface area contributed by atoms with Gasteiger partial charge in [0.15, 0.2) is 5.96 Å². The minimum absolute atomic E-state index is 0. The maximum Gasteiger partial charge on any atom is 0.341 e. The van der Waals surface area contributed by atoms with Gasteiger partial charge in [0.2, 0.25) is 0 Å². The Morgan fingerprint density at radius 3 is 2.69 bits per heavy atom. The molecule has 150 valence electrons. The monoisotopic (exact) mass is 481 g/mol. The number of esters is 1. The van der Waals surface area contributed by atoms with E-state index in [0.717, 1.165) is 32.7 Å². The minimum atomic E-state index is -0.400. The number of hydrogen-bond donors (Lipinski definition) is 2. The van der Waals surface area contributed by atoms with Gasteiger partial charge >= 0.3 is 5.97 Å². The molecule has 0 saturated heterocycles. The molecule has 0 unspecified atom stereocenters. The van der Waals surface area contributed by atoms with Gasteiger partial charge in [-0.25, -0.2) is 9.79 Å². The normalized spacial score (nSPS) is 11.2. The van der Waals surface area contributed by atoms with E-state index in [1.54, 1.807) is 13.0 Å². The number of nitrogens with zero attached hydrogens (tertiary/aromatic N) is 1. The second kappa shape index (κ2) is 13.9. The molecule has 0 aliphatic carbocycles. The molecule has 1 aromatic rings. The average Bonchev–Trinajstić information content (AvgIpc) is 2.95. The molecule has 0 aliphatic rings. The molecular weight excluding hydrogens is 449 g/mol. The lowest BCUT2D eigenvalue weighted by molar-refractivity contribution is 0.0599. The number of nitrogens with one attached hydrogen (secondary N) is 2. The summed E-state index contributed by atoms with van der Waals surface area (Å²) in [6.07, 6.45) is 0.906. The Balaban J connectivity index is 0.00000625. The van der Waals surface area contributed by atoms with Crippen LogP contribution in [-0.2, 0) is 16.0 Å². The van der Waals surface area contributed by atoms with Gasteiger partial charge < -0.3 is 24.5 Å². The highest BCUT2D eigenvalue weighted by atomic mass is 127. The van der Waals surface area contributed by atoms with Crippen molar-refractivity contribution in [2.24, 2.45) is 10.9 Å². The molecule has 8 heteroatoms. The van der Waals surface area contributed by atoms with E-state index < -0.39 is 5.97 Å². The fraction of sp³-hybridized carbons (Fsp3) is 0.667. The van der Waals surface area contributed by atoms with Crippen molar-refractivity contribution in [3.63, 3.8) is 0 Å². The van der Waals surface area contributed by atoms with Crippen LogP contribution in [0.3, 0.4) is 0 Å². The molecule has 0 aliphatic heterocycles. The number of guanidine groups is 1. The van der Waals surface area contributed by atoms with Crippen molar-refractivity contribution in [1.29, 1.82) is 0 Å². The highest BCUT2D eigenvalue weighted by molar-refractivity contribution is 14.0. The van der Waals surface area contributed by atoms with Crippen molar-refractivity contribution in [3.8, 4) is 0 Å². The van der Waals surface area contributed by atoms with Gasteiger partial charge in [0.1, 0.15) is 23.6 Å². The standard InChI is InChI=1S/C18H31N3O4.HI/c1-6-19-18(20-8-7-9-24-12-13(2)3)21-11-15-10-16(14(4)25-15)17(22)23-5;/h10,13H,6-9,11-12H2,1-5H3,(H2,19,20,21);1H. The van der Waals surface area contributed by atoms with Crippen LogP contribution in [0.2, 0.25) is 0 Å². The number of aliphatic imine (C=N–C) groups is 1. The van der Waals surface area contributed by atoms with E-state index in [1.165, 1.54) is 7.11 Å². The number of furan rings is 1. The Kier molecular flexibility index (Phi) is 13.2. The summed E-state index contributed by atoms with van der Waals surface area (Å²) in [6, 6.07) is 1.67. The molecule has 7 nitrogen and oxygen atoms in total. The summed E-state index contributed by atoms with van der Waals surface area (Å²) in [5.41, 5.74) is 0.438. The van der Waals surface area contributed by atoms with E-state index >= 15 is 0 Å². The van der Waals surface area contributed by atoms with Crippen LogP contribution in [0.1, 0.15) is 49.1 Å². The van der Waals surface area contributed by atoms with E-state index in [9.17, 15) is 4.79 Å². The predicted octanol–water partition coefficient (Wildman–Crippen LogP) is 3.11. The van der Waals surface area contributed by atoms with Gasteiger partial charge in [-0.05, 0) is 32.3 Å². The molecule has 0 bridgehead atoms. The average molecular weight is 481 g/mol. The van der Waals surface area contributed by atoms with Gasteiger partial charge in [0.25, 0.3) is 0 Å². The minimum Gasteiger partial charge on any atom is -0.465 e. The van der Waals surface area contributed by atoms with E-state index in [2.05, 4.69) is 29.5 Å². The Hall–Kier alpha value is -1.29. The topological polar surface area (TPSA) is 85.1 Å². The van der Waals surface area contributed by atoms with Gasteiger partial charge in [-0.2, -0.15) is 0 Å². The fourth-order valence-electron chi connectivity index (χ4n) is 2.13. The van der Waals surface area contributed by atoms with Crippen molar-refractivity contribution in [3.05, 3.63) is 23.2 Å². The maximum absolute atomic E-state index is 11.6. The number of aryl methyl sites for hydroxylation is 1. The van der Waals surface area contributed by atoms with Gasteiger partial charge in [0, 0.05) is 26.3 Å². The zero-order valence-electron chi connectivity index (χ0n) is 16.4. The van der Waals surface area contributed by atoms with Crippen LogP contribution < -0.4 is 10.6 Å². The van der Waals surface area contributed by atoms with Crippen molar-refractivity contribution in [2.45, 2.75) is 40.7 Å². The molecule has 2 N–H and O–H groups in total. The van der Waals surface area contributed by atoms with Crippen LogP contribution in [-0.4, -0.2) is 45.3 Å². The van der Waals surface area contributed by atoms with Gasteiger partial charge in [-0.1, -0.05) is 13.8 Å². The quantitative estimate of drug-likeness (QED) is 0.176. The summed E-state index contributed by atoms with van der Waals surface area (Å²) in [4.78, 5) is 16.1. The first-order chi connectivity index (χ1) is 12.0. The summed E-state index contributed by atoms with van der Waals surface area (Å²) in [7, 11) is 1.35. The number of halogens is 1. The maximum atomic E-state index is 11.6. The first-order valence-electron chi connectivity index (χ1n) is 8.75. The van der Waals surface area contributed by atoms with E-state index in [-0.39, 0.29) is 24.0 Å². The molecule has 0 amide bonds. The van der Waals surface area contributed by atoms with Crippen molar-refractivity contribution in [2.75, 3.05) is 33.4 Å². The second-order valence-electron chi connectivity index (χ2n) is 6.12. The third-order valence-corrected chi connectivity index (χ3v) is 3.32. The number of methoxy groups -OCH3 is 1. The summed E-state index contributed by atoms with van der Waals surface area (Å²) >= 11 is 0. The van der Waals surface area contributed by atoms with E-state index in [4.69, 9.17) is 13.9 Å². The zero-order valence-corrected chi connectivity index (χ0v) is 18.7. The summed E-state index contributed by atoms with van der Waals surface area (Å²) in [5, 5.41) is 6.44. The molecule has 0 radical (unpaired) electrons. The summed E-state index contributed by atoms with van der Waals surface area (Å²) in [5.74, 6) is 2.02. The molecule has 0 aromatic carbocycles.